The van der Waals surface area contributed by atoms with Crippen molar-refractivity contribution in [1.82, 2.24) is 10.6 Å². The van der Waals surface area contributed by atoms with Crippen LogP contribution in [0.1, 0.15) is 25.6 Å². The predicted molar refractivity (Wildman–Crippen MR) is 115 cm³/mol. The Hall–Kier alpha value is -1.28. The van der Waals surface area contributed by atoms with E-state index < -0.39 is 0 Å². The summed E-state index contributed by atoms with van der Waals surface area (Å²) < 4.78 is 5.20. The molecule has 2 rings (SSSR count). The summed E-state index contributed by atoms with van der Waals surface area (Å²) in [6.07, 6.45) is 0. The van der Waals surface area contributed by atoms with E-state index in [0.717, 1.165) is 18.3 Å². The molecular formula is C18H26IN3OS. The molecule has 0 aliphatic carbocycles. The summed E-state index contributed by atoms with van der Waals surface area (Å²) in [7, 11) is 1.68. The molecule has 24 heavy (non-hydrogen) atoms. The van der Waals surface area contributed by atoms with E-state index in [1.165, 1.54) is 16.0 Å². The Morgan fingerprint density at radius 2 is 1.92 bits per heavy atom. The molecule has 1 aromatic heterocycles. The molecule has 2 N–H and O–H groups in total. The van der Waals surface area contributed by atoms with Gasteiger partial charge < -0.3 is 15.4 Å². The third-order valence-corrected chi connectivity index (χ3v) is 4.16. The summed E-state index contributed by atoms with van der Waals surface area (Å²) >= 11 is 1.74. The molecule has 0 amide bonds. The topological polar surface area (TPSA) is 45.7 Å². The molecule has 0 aliphatic heterocycles. The number of nitrogens with zero attached hydrogens (tertiary/aromatic N) is 1. The smallest absolute Gasteiger partial charge is 0.191 e. The van der Waals surface area contributed by atoms with Gasteiger partial charge in [0.2, 0.25) is 0 Å². The number of nitrogens with one attached hydrogen (secondary N) is 2. The van der Waals surface area contributed by atoms with Crippen molar-refractivity contribution in [3.05, 3.63) is 40.6 Å². The van der Waals surface area contributed by atoms with Crippen molar-refractivity contribution < 1.29 is 4.74 Å². The Morgan fingerprint density at radius 1 is 1.21 bits per heavy atom. The van der Waals surface area contributed by atoms with Gasteiger partial charge in [-0.2, -0.15) is 0 Å². The SMILES string of the molecule is CCNC(=NCc1cc(-c2ccc(OC)cc2)cs1)NC(C)C.I. The first-order valence-electron chi connectivity index (χ1n) is 7.89. The van der Waals surface area contributed by atoms with Crippen LogP contribution < -0.4 is 15.4 Å². The molecule has 0 saturated heterocycles. The second kappa shape index (κ2) is 10.6. The fraction of sp³-hybridized carbons (Fsp3) is 0.389. The molecule has 0 unspecified atom stereocenters. The standard InChI is InChI=1S/C18H25N3OS.HI/c1-5-19-18(21-13(2)3)20-11-17-10-15(12-23-17)14-6-8-16(22-4)9-7-14;/h6-10,12-13H,5,11H2,1-4H3,(H2,19,20,21);1H. The molecule has 0 radical (unpaired) electrons. The second-order valence-corrected chi connectivity index (χ2v) is 6.52. The van der Waals surface area contributed by atoms with E-state index in [1.807, 2.05) is 12.1 Å². The molecule has 0 fully saturated rings. The maximum absolute atomic E-state index is 5.20. The largest absolute Gasteiger partial charge is 0.497 e. The number of thiophene rings is 1. The van der Waals surface area contributed by atoms with Gasteiger partial charge in [-0.05, 0) is 55.5 Å². The van der Waals surface area contributed by atoms with E-state index in [2.05, 4.69) is 60.0 Å². The van der Waals surface area contributed by atoms with Crippen molar-refractivity contribution in [2.24, 2.45) is 4.99 Å². The fourth-order valence-corrected chi connectivity index (χ4v) is 2.97. The molecule has 0 aliphatic rings. The van der Waals surface area contributed by atoms with E-state index in [9.17, 15) is 0 Å². The number of aliphatic imine (C=N–C) groups is 1. The minimum Gasteiger partial charge on any atom is -0.497 e. The van der Waals surface area contributed by atoms with E-state index in [1.54, 1.807) is 18.4 Å². The number of rotatable bonds is 6. The van der Waals surface area contributed by atoms with Crippen LogP contribution in [0.25, 0.3) is 11.1 Å². The van der Waals surface area contributed by atoms with Gasteiger partial charge in [0.1, 0.15) is 5.75 Å². The lowest BCUT2D eigenvalue weighted by Gasteiger charge is -2.13. The summed E-state index contributed by atoms with van der Waals surface area (Å²) in [5.74, 6) is 1.74. The maximum atomic E-state index is 5.20. The van der Waals surface area contributed by atoms with Crippen LogP contribution in [0.15, 0.2) is 40.7 Å². The third kappa shape index (κ3) is 6.32. The van der Waals surface area contributed by atoms with Gasteiger partial charge in [-0.1, -0.05) is 12.1 Å². The van der Waals surface area contributed by atoms with Gasteiger partial charge in [0, 0.05) is 17.5 Å². The lowest BCUT2D eigenvalue weighted by atomic mass is 10.1. The van der Waals surface area contributed by atoms with Crippen molar-refractivity contribution in [2.45, 2.75) is 33.4 Å². The summed E-state index contributed by atoms with van der Waals surface area (Å²) in [5, 5.41) is 8.77. The Bertz CT molecular complexity index is 638. The molecule has 0 spiro atoms. The van der Waals surface area contributed by atoms with Crippen LogP contribution in [0.2, 0.25) is 0 Å². The molecule has 132 valence electrons. The van der Waals surface area contributed by atoms with Crippen LogP contribution in [0, 0.1) is 0 Å². The zero-order valence-corrected chi connectivity index (χ0v) is 17.8. The molecular weight excluding hydrogens is 433 g/mol. The highest BCUT2D eigenvalue weighted by Crippen LogP contribution is 2.27. The number of hydrogen-bond acceptors (Lipinski definition) is 3. The van der Waals surface area contributed by atoms with E-state index >= 15 is 0 Å². The predicted octanol–water partition coefficient (Wildman–Crippen LogP) is 4.51. The minimum atomic E-state index is 0. The first kappa shape index (κ1) is 20.8. The lowest BCUT2D eigenvalue weighted by Crippen LogP contribution is -2.40. The van der Waals surface area contributed by atoms with Crippen molar-refractivity contribution >= 4 is 41.3 Å². The van der Waals surface area contributed by atoms with Crippen LogP contribution in [-0.4, -0.2) is 25.7 Å². The molecule has 4 nitrogen and oxygen atoms in total. The van der Waals surface area contributed by atoms with E-state index in [-0.39, 0.29) is 24.0 Å². The number of methoxy groups -OCH3 is 1. The summed E-state index contributed by atoms with van der Waals surface area (Å²) in [4.78, 5) is 5.89. The zero-order valence-electron chi connectivity index (χ0n) is 14.6. The van der Waals surface area contributed by atoms with Crippen molar-refractivity contribution in [2.75, 3.05) is 13.7 Å². The van der Waals surface area contributed by atoms with E-state index in [0.29, 0.717) is 12.6 Å². The Labute approximate surface area is 165 Å². The zero-order chi connectivity index (χ0) is 16.7. The fourth-order valence-electron chi connectivity index (χ4n) is 2.15. The van der Waals surface area contributed by atoms with Crippen LogP contribution in [-0.2, 0) is 6.54 Å². The van der Waals surface area contributed by atoms with Gasteiger partial charge in [0.25, 0.3) is 0 Å². The summed E-state index contributed by atoms with van der Waals surface area (Å²) in [6.45, 7) is 7.84. The molecule has 0 atom stereocenters. The molecule has 0 bridgehead atoms. The normalized spacial score (nSPS) is 11.1. The highest BCUT2D eigenvalue weighted by molar-refractivity contribution is 14.0. The van der Waals surface area contributed by atoms with Gasteiger partial charge in [-0.15, -0.1) is 35.3 Å². The van der Waals surface area contributed by atoms with Crippen LogP contribution in [0.3, 0.4) is 0 Å². The van der Waals surface area contributed by atoms with Gasteiger partial charge in [-0.3, -0.25) is 0 Å². The quantitative estimate of drug-likeness (QED) is 0.380. The molecule has 6 heteroatoms. The molecule has 0 saturated carbocycles. The number of guanidine groups is 1. The maximum Gasteiger partial charge on any atom is 0.191 e. The minimum absolute atomic E-state index is 0. The first-order chi connectivity index (χ1) is 11.1. The van der Waals surface area contributed by atoms with Gasteiger partial charge in [0.05, 0.1) is 13.7 Å². The van der Waals surface area contributed by atoms with Crippen molar-refractivity contribution in [3.8, 4) is 16.9 Å². The number of ether oxygens (including phenoxy) is 1. The van der Waals surface area contributed by atoms with Crippen LogP contribution >= 0.6 is 35.3 Å². The third-order valence-electron chi connectivity index (χ3n) is 3.24. The molecule has 1 heterocycles. The molecule has 2 aromatic rings. The van der Waals surface area contributed by atoms with Gasteiger partial charge in [-0.25, -0.2) is 4.99 Å². The number of hydrogen-bond donors (Lipinski definition) is 2. The Balaban J connectivity index is 0.00000288. The average Bonchev–Trinajstić information content (AvgIpc) is 3.01. The summed E-state index contributed by atoms with van der Waals surface area (Å²) in [5.41, 5.74) is 2.43. The Morgan fingerprint density at radius 3 is 2.50 bits per heavy atom. The van der Waals surface area contributed by atoms with E-state index in [4.69, 9.17) is 4.74 Å². The van der Waals surface area contributed by atoms with Crippen LogP contribution in [0.4, 0.5) is 0 Å². The van der Waals surface area contributed by atoms with Crippen molar-refractivity contribution in [3.63, 3.8) is 0 Å². The lowest BCUT2D eigenvalue weighted by molar-refractivity contribution is 0.415. The highest BCUT2D eigenvalue weighted by Gasteiger charge is 2.04. The Kier molecular flexibility index (Phi) is 9.13. The van der Waals surface area contributed by atoms with Gasteiger partial charge in [0.15, 0.2) is 5.96 Å². The average molecular weight is 459 g/mol. The highest BCUT2D eigenvalue weighted by atomic mass is 127. The molecule has 1 aromatic carbocycles. The second-order valence-electron chi connectivity index (χ2n) is 5.52. The number of benzene rings is 1. The van der Waals surface area contributed by atoms with Crippen molar-refractivity contribution in [1.29, 1.82) is 0 Å². The first-order valence-corrected chi connectivity index (χ1v) is 8.77. The van der Waals surface area contributed by atoms with Crippen LogP contribution in [0.5, 0.6) is 5.75 Å². The summed E-state index contributed by atoms with van der Waals surface area (Å²) in [6, 6.07) is 10.7. The monoisotopic (exact) mass is 459 g/mol. The van der Waals surface area contributed by atoms with Gasteiger partial charge >= 0.3 is 0 Å². The number of halogens is 1.